The van der Waals surface area contributed by atoms with Gasteiger partial charge in [0.15, 0.2) is 5.69 Å². The Balaban J connectivity index is 1.88. The van der Waals surface area contributed by atoms with Gasteiger partial charge in [-0.25, -0.2) is 0 Å². The largest absolute Gasteiger partial charge is 0.493 e. The molecule has 3 rings (SSSR count). The Morgan fingerprint density at radius 1 is 1.17 bits per heavy atom. The van der Waals surface area contributed by atoms with Crippen molar-refractivity contribution in [2.45, 2.75) is 6.54 Å². The Morgan fingerprint density at radius 3 is 2.70 bits per heavy atom. The van der Waals surface area contributed by atoms with Crippen molar-refractivity contribution in [3.05, 3.63) is 57.4 Å². The highest BCUT2D eigenvalue weighted by Gasteiger charge is 2.17. The minimum absolute atomic E-state index is 0.00518. The van der Waals surface area contributed by atoms with Crippen molar-refractivity contribution in [3.63, 3.8) is 0 Å². The Morgan fingerprint density at radius 2 is 1.96 bits per heavy atom. The molecule has 1 N–H and O–H groups in total. The number of ether oxygens (including phenoxy) is 1. The Hall–Kier alpha value is -2.24. The average molecular weight is 351 g/mol. The third kappa shape index (κ3) is 2.98. The summed E-state index contributed by atoms with van der Waals surface area (Å²) in [7, 11) is 0. The van der Waals surface area contributed by atoms with Crippen LogP contribution in [0.2, 0.25) is 10.0 Å². The number of hydrogen-bond acceptors (Lipinski definition) is 4. The fraction of sp³-hybridized carbons (Fsp3) is 0.125. The number of halogens is 2. The van der Waals surface area contributed by atoms with Crippen molar-refractivity contribution in [2.75, 3.05) is 6.61 Å². The number of nitroso groups, excluding NO2 is 1. The summed E-state index contributed by atoms with van der Waals surface area (Å²) in [5, 5.41) is 14.7. The summed E-state index contributed by atoms with van der Waals surface area (Å²) >= 11 is 12.0. The van der Waals surface area contributed by atoms with Crippen LogP contribution in [0.4, 0.5) is 5.69 Å². The van der Waals surface area contributed by atoms with E-state index in [1.165, 1.54) is 4.57 Å². The number of fused-ring (bicyclic) bond motifs is 1. The van der Waals surface area contributed by atoms with Crippen LogP contribution in [-0.2, 0) is 6.54 Å². The van der Waals surface area contributed by atoms with Gasteiger partial charge in [0.2, 0.25) is 5.88 Å². The normalized spacial score (nSPS) is 10.9. The predicted molar refractivity (Wildman–Crippen MR) is 91.0 cm³/mol. The molecule has 2 aromatic carbocycles. The molecular formula is C16H12Cl2N2O3. The van der Waals surface area contributed by atoms with Crippen molar-refractivity contribution >= 4 is 39.8 Å². The minimum atomic E-state index is -0.208. The number of rotatable bonds is 5. The molecule has 0 spiro atoms. The molecule has 0 amide bonds. The zero-order valence-corrected chi connectivity index (χ0v) is 13.4. The van der Waals surface area contributed by atoms with Gasteiger partial charge in [0.1, 0.15) is 12.4 Å². The maximum absolute atomic E-state index is 11.0. The molecule has 0 aliphatic rings. The molecule has 118 valence electrons. The molecule has 23 heavy (non-hydrogen) atoms. The van der Waals surface area contributed by atoms with Gasteiger partial charge in [-0.2, -0.15) is 0 Å². The maximum Gasteiger partial charge on any atom is 0.222 e. The second-order valence-corrected chi connectivity index (χ2v) is 5.70. The van der Waals surface area contributed by atoms with Gasteiger partial charge in [-0.15, -0.1) is 4.91 Å². The Kier molecular flexibility index (Phi) is 4.41. The fourth-order valence-electron chi connectivity index (χ4n) is 2.42. The SMILES string of the molecule is O=Nc1c(O)n(CCOc2ccccc2Cl)c2cc(Cl)ccc12. The molecule has 1 aromatic heterocycles. The summed E-state index contributed by atoms with van der Waals surface area (Å²) in [6.07, 6.45) is 0. The lowest BCUT2D eigenvalue weighted by molar-refractivity contribution is 0.291. The summed E-state index contributed by atoms with van der Waals surface area (Å²) < 4.78 is 7.15. The van der Waals surface area contributed by atoms with Crippen LogP contribution < -0.4 is 4.74 Å². The Bertz CT molecular complexity index is 877. The molecule has 0 atom stereocenters. The van der Waals surface area contributed by atoms with Gasteiger partial charge < -0.3 is 14.4 Å². The summed E-state index contributed by atoms with van der Waals surface area (Å²) in [6.45, 7) is 0.565. The highest BCUT2D eigenvalue weighted by Crippen LogP contribution is 2.39. The number of aromatic nitrogens is 1. The van der Waals surface area contributed by atoms with E-state index in [1.54, 1.807) is 30.3 Å². The second-order valence-electron chi connectivity index (χ2n) is 4.86. The number of benzene rings is 2. The molecule has 0 radical (unpaired) electrons. The predicted octanol–water partition coefficient (Wildman–Crippen LogP) is 5.13. The van der Waals surface area contributed by atoms with E-state index in [-0.39, 0.29) is 18.2 Å². The first-order valence-electron chi connectivity index (χ1n) is 6.83. The number of hydrogen-bond donors (Lipinski definition) is 1. The van der Waals surface area contributed by atoms with Crippen LogP contribution in [0.15, 0.2) is 47.6 Å². The molecule has 5 nitrogen and oxygen atoms in total. The van der Waals surface area contributed by atoms with Crippen LogP contribution in [0.25, 0.3) is 10.9 Å². The van der Waals surface area contributed by atoms with E-state index in [1.807, 2.05) is 12.1 Å². The van der Waals surface area contributed by atoms with Crippen molar-refractivity contribution in [1.82, 2.24) is 4.57 Å². The molecule has 0 fully saturated rings. The molecule has 1 heterocycles. The van der Waals surface area contributed by atoms with E-state index in [0.717, 1.165) is 0 Å². The highest BCUT2D eigenvalue weighted by atomic mass is 35.5. The summed E-state index contributed by atoms with van der Waals surface area (Å²) in [4.78, 5) is 11.0. The highest BCUT2D eigenvalue weighted by molar-refractivity contribution is 6.32. The van der Waals surface area contributed by atoms with Gasteiger partial charge in [-0.05, 0) is 35.5 Å². The molecule has 0 bridgehead atoms. The quantitative estimate of drug-likeness (QED) is 0.648. The van der Waals surface area contributed by atoms with Crippen molar-refractivity contribution in [1.29, 1.82) is 0 Å². The van der Waals surface area contributed by atoms with E-state index in [9.17, 15) is 10.0 Å². The van der Waals surface area contributed by atoms with Crippen LogP contribution in [0.1, 0.15) is 0 Å². The van der Waals surface area contributed by atoms with Crippen LogP contribution >= 0.6 is 23.2 Å². The van der Waals surface area contributed by atoms with Crippen LogP contribution in [0, 0.1) is 4.91 Å². The van der Waals surface area contributed by atoms with E-state index < -0.39 is 0 Å². The van der Waals surface area contributed by atoms with Gasteiger partial charge >= 0.3 is 0 Å². The number of aromatic hydroxyl groups is 1. The lowest BCUT2D eigenvalue weighted by Crippen LogP contribution is -2.07. The van der Waals surface area contributed by atoms with Crippen LogP contribution in [0.5, 0.6) is 11.6 Å². The first-order chi connectivity index (χ1) is 11.1. The Labute approximate surface area is 142 Å². The van der Waals surface area contributed by atoms with Crippen LogP contribution in [-0.4, -0.2) is 16.3 Å². The van der Waals surface area contributed by atoms with Crippen molar-refractivity contribution in [3.8, 4) is 11.6 Å². The third-order valence-corrected chi connectivity index (χ3v) is 4.02. The molecular weight excluding hydrogens is 339 g/mol. The minimum Gasteiger partial charge on any atom is -0.493 e. The zero-order chi connectivity index (χ0) is 16.4. The van der Waals surface area contributed by atoms with Gasteiger partial charge in [0.25, 0.3) is 0 Å². The molecule has 0 unspecified atom stereocenters. The molecule has 0 aliphatic carbocycles. The van der Waals surface area contributed by atoms with Crippen molar-refractivity contribution < 1.29 is 9.84 Å². The average Bonchev–Trinajstić information content (AvgIpc) is 2.80. The molecule has 0 aliphatic heterocycles. The van der Waals surface area contributed by atoms with E-state index >= 15 is 0 Å². The van der Waals surface area contributed by atoms with Gasteiger partial charge in [-0.1, -0.05) is 35.3 Å². The lowest BCUT2D eigenvalue weighted by atomic mass is 10.2. The summed E-state index contributed by atoms with van der Waals surface area (Å²) in [5.74, 6) is 0.344. The maximum atomic E-state index is 11.0. The zero-order valence-electron chi connectivity index (χ0n) is 11.9. The van der Waals surface area contributed by atoms with Gasteiger partial charge in [0.05, 0.1) is 17.1 Å². The van der Waals surface area contributed by atoms with E-state index in [2.05, 4.69) is 5.18 Å². The smallest absolute Gasteiger partial charge is 0.222 e. The molecule has 3 aromatic rings. The summed E-state index contributed by atoms with van der Waals surface area (Å²) in [6, 6.07) is 12.1. The molecule has 0 saturated carbocycles. The van der Waals surface area contributed by atoms with E-state index in [4.69, 9.17) is 27.9 Å². The van der Waals surface area contributed by atoms with Gasteiger partial charge in [0, 0.05) is 10.4 Å². The monoisotopic (exact) mass is 350 g/mol. The van der Waals surface area contributed by atoms with E-state index in [0.29, 0.717) is 33.2 Å². The van der Waals surface area contributed by atoms with Gasteiger partial charge in [-0.3, -0.25) is 0 Å². The van der Waals surface area contributed by atoms with Crippen molar-refractivity contribution in [2.24, 2.45) is 5.18 Å². The molecule has 0 saturated heterocycles. The number of para-hydroxylation sites is 1. The lowest BCUT2D eigenvalue weighted by Gasteiger charge is -2.10. The topological polar surface area (TPSA) is 63.8 Å². The number of nitrogens with zero attached hydrogens (tertiary/aromatic N) is 2. The second kappa shape index (κ2) is 6.48. The first kappa shape index (κ1) is 15.6. The fourth-order valence-corrected chi connectivity index (χ4v) is 2.77. The first-order valence-corrected chi connectivity index (χ1v) is 7.59. The van der Waals surface area contributed by atoms with Crippen LogP contribution in [0.3, 0.4) is 0 Å². The standard InChI is InChI=1S/C16H12Cl2N2O3/c17-10-5-6-11-13(9-10)20(16(21)15(11)19-22)7-8-23-14-4-2-1-3-12(14)18/h1-6,9,21H,7-8H2. The summed E-state index contributed by atoms with van der Waals surface area (Å²) in [5.41, 5.74) is 0.613. The third-order valence-electron chi connectivity index (χ3n) is 3.47. The molecule has 7 heteroatoms.